The zero-order chi connectivity index (χ0) is 38.3. The molecule has 0 fully saturated rings. The first-order valence-corrected chi connectivity index (χ1v) is 18.4. The maximum Gasteiger partial charge on any atom is 0.422 e. The van der Waals surface area contributed by atoms with Gasteiger partial charge in [0.05, 0.1) is 12.3 Å². The van der Waals surface area contributed by atoms with E-state index in [1.807, 2.05) is 48.5 Å². The number of benzene rings is 1. The summed E-state index contributed by atoms with van der Waals surface area (Å²) >= 11 is 1.20. The summed E-state index contributed by atoms with van der Waals surface area (Å²) in [6, 6.07) is 7.77. The lowest BCUT2D eigenvalue weighted by atomic mass is 10.1. The quantitative estimate of drug-likeness (QED) is 0.124. The van der Waals surface area contributed by atoms with Crippen molar-refractivity contribution in [3.63, 3.8) is 0 Å². The summed E-state index contributed by atoms with van der Waals surface area (Å²) in [5.74, 6) is -0.655. The number of carbonyl (C=O) groups excluding carboxylic acids is 2. The van der Waals surface area contributed by atoms with Gasteiger partial charge in [0.15, 0.2) is 11.0 Å². The topological polar surface area (TPSA) is 138 Å². The zero-order valence-corrected chi connectivity index (χ0v) is 32.6. The van der Waals surface area contributed by atoms with E-state index in [1.54, 1.807) is 63.1 Å². The van der Waals surface area contributed by atoms with Crippen LogP contribution in [0.5, 0.6) is 5.88 Å². The third-order valence-corrected chi connectivity index (χ3v) is 7.67. The second-order valence-corrected chi connectivity index (χ2v) is 14.2. The Hall–Kier alpha value is -4.46. The van der Waals surface area contributed by atoms with Gasteiger partial charge in [-0.1, -0.05) is 56.8 Å². The summed E-state index contributed by atoms with van der Waals surface area (Å²) < 4.78 is 35.0. The van der Waals surface area contributed by atoms with Gasteiger partial charge in [0.2, 0.25) is 5.88 Å². The molecule has 278 valence electrons. The van der Waals surface area contributed by atoms with E-state index in [4.69, 9.17) is 14.2 Å². The molecule has 1 unspecified atom stereocenters. The Bertz CT molecular complexity index is 1920. The lowest BCUT2D eigenvalue weighted by molar-refractivity contribution is 0.0186. The normalized spacial score (nSPS) is 12.2. The molecule has 1 N–H and O–H groups in total. The molecular formula is C37H51FN6O6S. The Balaban J connectivity index is 0.00000345. The Morgan fingerprint density at radius 1 is 1.02 bits per heavy atom. The van der Waals surface area contributed by atoms with Gasteiger partial charge in [0.1, 0.15) is 33.6 Å². The summed E-state index contributed by atoms with van der Waals surface area (Å²) in [7, 11) is 0. The molecule has 14 heteroatoms. The lowest BCUT2D eigenvalue weighted by Gasteiger charge is -2.32. The largest absolute Gasteiger partial charge is 0.477 e. The predicted molar refractivity (Wildman–Crippen MR) is 202 cm³/mol. The third kappa shape index (κ3) is 9.87. The molecule has 0 aliphatic heterocycles. The van der Waals surface area contributed by atoms with Crippen molar-refractivity contribution in [1.29, 1.82) is 0 Å². The number of thioether (sulfide) groups is 1. The van der Waals surface area contributed by atoms with Crippen LogP contribution in [0.4, 0.5) is 19.8 Å². The van der Waals surface area contributed by atoms with Gasteiger partial charge in [0, 0.05) is 30.6 Å². The van der Waals surface area contributed by atoms with E-state index in [2.05, 4.69) is 20.3 Å². The monoisotopic (exact) mass is 726 g/mol. The van der Waals surface area contributed by atoms with Crippen LogP contribution >= 0.6 is 11.8 Å². The number of ether oxygens (including phenoxy) is 3. The highest BCUT2D eigenvalue weighted by Gasteiger charge is 2.30. The van der Waals surface area contributed by atoms with E-state index in [0.29, 0.717) is 23.7 Å². The zero-order valence-electron chi connectivity index (χ0n) is 31.8. The van der Waals surface area contributed by atoms with Crippen molar-refractivity contribution in [3.05, 3.63) is 46.5 Å². The number of hydrogen-bond acceptors (Lipinski definition) is 11. The van der Waals surface area contributed by atoms with Crippen molar-refractivity contribution >= 4 is 51.4 Å². The lowest BCUT2D eigenvalue weighted by Crippen LogP contribution is -2.45. The number of halogens is 1. The van der Waals surface area contributed by atoms with Gasteiger partial charge in [-0.3, -0.25) is 4.79 Å². The molecular weight excluding hydrogens is 676 g/mol. The van der Waals surface area contributed by atoms with Gasteiger partial charge in [-0.05, 0) is 73.5 Å². The number of fused-ring (bicyclic) bond motifs is 2. The van der Waals surface area contributed by atoms with Gasteiger partial charge in [0.25, 0.3) is 5.56 Å². The average molecular weight is 727 g/mol. The smallest absolute Gasteiger partial charge is 0.422 e. The molecule has 0 aliphatic carbocycles. The molecule has 1 aromatic carbocycles. The van der Waals surface area contributed by atoms with Crippen molar-refractivity contribution in [2.24, 2.45) is 0 Å². The van der Waals surface area contributed by atoms with Crippen LogP contribution in [0.3, 0.4) is 0 Å². The molecule has 4 aromatic rings. The standard InChI is InChI=1S/C35H45FN6O6S.C2H6/c1-11-17-41(32(44)47-34(4,5)6)20(3)19-37-29-24-26(39-31(40-29)49-10)25(36)27(38-30(24)46-12-2)28-22-16-14-13-15-21(22)18-23(43)42(28)33(45)48-35(7,8)9;1-2/h13-16,18,20H,11-12,17,19H2,1-10H3,(H,37,39,40);1-2H3. The highest BCUT2D eigenvalue weighted by Crippen LogP contribution is 2.38. The summed E-state index contributed by atoms with van der Waals surface area (Å²) in [4.78, 5) is 55.4. The molecule has 0 saturated heterocycles. The van der Waals surface area contributed by atoms with Crippen molar-refractivity contribution in [3.8, 4) is 17.3 Å². The molecule has 1 atom stereocenters. The number of hydrogen-bond donors (Lipinski definition) is 1. The van der Waals surface area contributed by atoms with E-state index in [0.717, 1.165) is 4.57 Å². The maximum atomic E-state index is 17.0. The summed E-state index contributed by atoms with van der Waals surface area (Å²) in [6.45, 7) is 20.9. The molecule has 0 aliphatic rings. The van der Waals surface area contributed by atoms with Gasteiger partial charge in [-0.15, -0.1) is 0 Å². The number of nitrogens with zero attached hydrogens (tertiary/aromatic N) is 5. The van der Waals surface area contributed by atoms with Crippen LogP contribution in [-0.2, 0) is 9.47 Å². The highest BCUT2D eigenvalue weighted by atomic mass is 32.2. The van der Waals surface area contributed by atoms with Gasteiger partial charge >= 0.3 is 12.2 Å². The molecule has 12 nitrogen and oxygen atoms in total. The Kier molecular flexibility index (Phi) is 13.8. The molecule has 3 aromatic heterocycles. The number of pyridine rings is 2. The molecule has 4 rings (SSSR count). The fourth-order valence-corrected chi connectivity index (χ4v) is 5.50. The van der Waals surface area contributed by atoms with E-state index >= 15 is 4.39 Å². The van der Waals surface area contributed by atoms with Gasteiger partial charge in [-0.2, -0.15) is 0 Å². The summed E-state index contributed by atoms with van der Waals surface area (Å²) in [5.41, 5.74) is -2.88. The van der Waals surface area contributed by atoms with Crippen molar-refractivity contribution in [2.75, 3.05) is 31.3 Å². The molecule has 0 saturated carbocycles. The number of anilines is 1. The van der Waals surface area contributed by atoms with E-state index < -0.39 is 34.8 Å². The summed E-state index contributed by atoms with van der Waals surface area (Å²) in [5, 5.41) is 4.56. The fraction of sp³-hybridized carbons (Fsp3) is 0.514. The summed E-state index contributed by atoms with van der Waals surface area (Å²) in [6.07, 6.45) is 1.04. The second kappa shape index (κ2) is 17.2. The maximum absolute atomic E-state index is 17.0. The second-order valence-electron chi connectivity index (χ2n) is 13.4. The molecule has 0 radical (unpaired) electrons. The van der Waals surface area contributed by atoms with Crippen LogP contribution in [0, 0.1) is 5.82 Å². The molecule has 0 bridgehead atoms. The van der Waals surface area contributed by atoms with Gasteiger partial charge < -0.3 is 24.4 Å². The SMILES string of the molecule is CC.CCCN(C(=O)OC(C)(C)C)C(C)CNc1nc(SC)nc2c(F)c(-c3c4ccccc4cc(=O)n3C(=O)OC(C)(C)C)nc(OCC)c12. The van der Waals surface area contributed by atoms with E-state index in [9.17, 15) is 14.4 Å². The van der Waals surface area contributed by atoms with Crippen LogP contribution < -0.4 is 15.6 Å². The number of aromatic nitrogens is 4. The van der Waals surface area contributed by atoms with Crippen molar-refractivity contribution < 1.29 is 28.2 Å². The van der Waals surface area contributed by atoms with E-state index in [1.165, 1.54) is 17.8 Å². The van der Waals surface area contributed by atoms with Crippen LogP contribution in [0.1, 0.15) is 82.6 Å². The molecule has 3 heterocycles. The Morgan fingerprint density at radius 2 is 1.67 bits per heavy atom. The third-order valence-electron chi connectivity index (χ3n) is 7.12. The van der Waals surface area contributed by atoms with Crippen molar-refractivity contribution in [1.82, 2.24) is 24.4 Å². The minimum Gasteiger partial charge on any atom is -0.477 e. The van der Waals surface area contributed by atoms with Crippen LogP contribution in [0.2, 0.25) is 0 Å². The number of rotatable bonds is 10. The number of amides is 1. The Morgan fingerprint density at radius 3 is 2.25 bits per heavy atom. The minimum atomic E-state index is -0.983. The molecule has 0 spiro atoms. The first-order valence-electron chi connectivity index (χ1n) is 17.2. The van der Waals surface area contributed by atoms with Crippen LogP contribution in [-0.4, -0.2) is 79.8 Å². The first-order chi connectivity index (χ1) is 24.0. The fourth-order valence-electron chi connectivity index (χ4n) is 5.13. The van der Waals surface area contributed by atoms with Crippen molar-refractivity contribution in [2.45, 2.75) is 105 Å². The van der Waals surface area contributed by atoms with Crippen LogP contribution in [0.15, 0.2) is 40.3 Å². The molecule has 1 amide bonds. The van der Waals surface area contributed by atoms with Crippen LogP contribution in [0.25, 0.3) is 33.1 Å². The highest BCUT2D eigenvalue weighted by molar-refractivity contribution is 7.98. The van der Waals surface area contributed by atoms with E-state index in [-0.39, 0.29) is 58.3 Å². The first kappa shape index (κ1) is 41.0. The predicted octanol–water partition coefficient (Wildman–Crippen LogP) is 8.52. The van der Waals surface area contributed by atoms with Gasteiger partial charge in [-0.25, -0.2) is 33.5 Å². The molecule has 51 heavy (non-hydrogen) atoms. The number of nitrogens with one attached hydrogen (secondary N) is 1. The Labute approximate surface area is 303 Å². The average Bonchev–Trinajstić information content (AvgIpc) is 3.05. The number of carbonyl (C=O) groups is 2. The minimum absolute atomic E-state index is 0.00890.